The van der Waals surface area contributed by atoms with E-state index in [-0.39, 0.29) is 23.8 Å². The number of nitrogens with two attached hydrogens (primary N) is 1. The predicted molar refractivity (Wildman–Crippen MR) is 84.2 cm³/mol. The van der Waals surface area contributed by atoms with Gasteiger partial charge in [-0.1, -0.05) is 0 Å². The van der Waals surface area contributed by atoms with Crippen LogP contribution in [-0.4, -0.2) is 25.9 Å². The third-order valence-corrected chi connectivity index (χ3v) is 5.44. The van der Waals surface area contributed by atoms with Crippen LogP contribution in [0.4, 0.5) is 10.8 Å². The molecule has 1 amide bonds. The molecule has 0 fully saturated rings. The summed E-state index contributed by atoms with van der Waals surface area (Å²) in [6, 6.07) is 4.61. The lowest BCUT2D eigenvalue weighted by atomic mass is 10.2. The van der Waals surface area contributed by atoms with E-state index in [1.807, 2.05) is 0 Å². The number of thiazole rings is 1. The van der Waals surface area contributed by atoms with Gasteiger partial charge in [-0.3, -0.25) is 4.79 Å². The number of rotatable bonds is 5. The SMILES string of the molecule is Nc1nc(CCNS(=O)(=O)c2ccc3c(c2)CC(=O)N3)cs1. The van der Waals surface area contributed by atoms with Crippen molar-refractivity contribution in [3.63, 3.8) is 0 Å². The van der Waals surface area contributed by atoms with Gasteiger partial charge in [0.1, 0.15) is 0 Å². The first-order valence-corrected chi connectivity index (χ1v) is 8.93. The fourth-order valence-electron chi connectivity index (χ4n) is 2.21. The largest absolute Gasteiger partial charge is 0.375 e. The van der Waals surface area contributed by atoms with Gasteiger partial charge >= 0.3 is 0 Å². The number of nitrogen functional groups attached to an aromatic ring is 1. The van der Waals surface area contributed by atoms with Gasteiger partial charge in [0.15, 0.2) is 5.13 Å². The number of aromatic nitrogens is 1. The molecule has 0 saturated carbocycles. The molecular weight excluding hydrogens is 324 g/mol. The van der Waals surface area contributed by atoms with Crippen LogP contribution in [0.5, 0.6) is 0 Å². The minimum atomic E-state index is -3.61. The van der Waals surface area contributed by atoms with Crippen LogP contribution in [0.3, 0.4) is 0 Å². The highest BCUT2D eigenvalue weighted by molar-refractivity contribution is 7.89. The lowest BCUT2D eigenvalue weighted by molar-refractivity contribution is -0.115. The van der Waals surface area contributed by atoms with Crippen molar-refractivity contribution in [2.45, 2.75) is 17.7 Å². The van der Waals surface area contributed by atoms with E-state index in [1.165, 1.54) is 23.5 Å². The molecular formula is C13H14N4O3S2. The average molecular weight is 338 g/mol. The molecule has 0 aliphatic carbocycles. The minimum Gasteiger partial charge on any atom is -0.375 e. The Morgan fingerprint density at radius 3 is 2.95 bits per heavy atom. The van der Waals surface area contributed by atoms with Gasteiger partial charge in [-0.05, 0) is 23.8 Å². The molecule has 0 bridgehead atoms. The van der Waals surface area contributed by atoms with Crippen LogP contribution in [0, 0.1) is 0 Å². The summed E-state index contributed by atoms with van der Waals surface area (Å²) in [7, 11) is -3.61. The number of nitrogens with one attached hydrogen (secondary N) is 2. The smallest absolute Gasteiger partial charge is 0.240 e. The molecule has 22 heavy (non-hydrogen) atoms. The first kappa shape index (κ1) is 14.9. The Morgan fingerprint density at radius 2 is 2.23 bits per heavy atom. The molecule has 0 radical (unpaired) electrons. The molecule has 0 spiro atoms. The van der Waals surface area contributed by atoms with Crippen LogP contribution in [-0.2, 0) is 27.7 Å². The Bertz CT molecular complexity index is 830. The highest BCUT2D eigenvalue weighted by atomic mass is 32.2. The summed E-state index contributed by atoms with van der Waals surface area (Å²) in [6.45, 7) is 0.236. The Labute approximate surface area is 131 Å². The van der Waals surface area contributed by atoms with E-state index < -0.39 is 10.0 Å². The van der Waals surface area contributed by atoms with Crippen LogP contribution >= 0.6 is 11.3 Å². The van der Waals surface area contributed by atoms with Crippen molar-refractivity contribution in [3.8, 4) is 0 Å². The molecule has 1 aromatic heterocycles. The van der Waals surface area contributed by atoms with Gasteiger partial charge in [0, 0.05) is 24.0 Å². The molecule has 1 aromatic carbocycles. The third kappa shape index (κ3) is 3.11. The Hall–Kier alpha value is -1.97. The fraction of sp³-hybridized carbons (Fsp3) is 0.231. The Balaban J connectivity index is 1.68. The summed E-state index contributed by atoms with van der Waals surface area (Å²) in [5.41, 5.74) is 7.65. The second kappa shape index (κ2) is 5.67. The molecule has 1 aliphatic heterocycles. The molecule has 2 aromatic rings. The van der Waals surface area contributed by atoms with Crippen molar-refractivity contribution in [3.05, 3.63) is 34.8 Å². The summed E-state index contributed by atoms with van der Waals surface area (Å²) in [4.78, 5) is 15.5. The maximum atomic E-state index is 12.3. The van der Waals surface area contributed by atoms with E-state index >= 15 is 0 Å². The summed E-state index contributed by atoms with van der Waals surface area (Å²) >= 11 is 1.32. The molecule has 116 valence electrons. The second-order valence-corrected chi connectivity index (χ2v) is 7.53. The summed E-state index contributed by atoms with van der Waals surface area (Å²) in [5, 5.41) is 4.94. The van der Waals surface area contributed by atoms with E-state index in [4.69, 9.17) is 5.73 Å². The van der Waals surface area contributed by atoms with Gasteiger partial charge in [-0.15, -0.1) is 11.3 Å². The van der Waals surface area contributed by atoms with Crippen LogP contribution in [0.1, 0.15) is 11.3 Å². The highest BCUT2D eigenvalue weighted by Crippen LogP contribution is 2.25. The van der Waals surface area contributed by atoms with E-state index in [0.29, 0.717) is 22.8 Å². The zero-order valence-electron chi connectivity index (χ0n) is 11.5. The van der Waals surface area contributed by atoms with E-state index in [2.05, 4.69) is 15.0 Å². The number of nitrogens with zero attached hydrogens (tertiary/aromatic N) is 1. The van der Waals surface area contributed by atoms with Crippen molar-refractivity contribution >= 4 is 38.1 Å². The van der Waals surface area contributed by atoms with E-state index in [0.717, 1.165) is 5.69 Å². The number of hydrogen-bond acceptors (Lipinski definition) is 6. The number of anilines is 2. The monoisotopic (exact) mass is 338 g/mol. The second-order valence-electron chi connectivity index (χ2n) is 4.87. The number of hydrogen-bond donors (Lipinski definition) is 3. The number of amides is 1. The molecule has 2 heterocycles. The van der Waals surface area contributed by atoms with Gasteiger partial charge < -0.3 is 11.1 Å². The molecule has 9 heteroatoms. The topological polar surface area (TPSA) is 114 Å². The number of fused-ring (bicyclic) bond motifs is 1. The van der Waals surface area contributed by atoms with Crippen LogP contribution < -0.4 is 15.8 Å². The summed E-state index contributed by atoms with van der Waals surface area (Å²) in [5.74, 6) is -0.126. The van der Waals surface area contributed by atoms with Crippen LogP contribution in [0.15, 0.2) is 28.5 Å². The number of carbonyl (C=O) groups is 1. The molecule has 0 saturated heterocycles. The van der Waals surface area contributed by atoms with Crippen LogP contribution in [0.25, 0.3) is 0 Å². The van der Waals surface area contributed by atoms with Crippen molar-refractivity contribution in [1.82, 2.24) is 9.71 Å². The lowest BCUT2D eigenvalue weighted by Crippen LogP contribution is -2.26. The normalized spacial score (nSPS) is 13.9. The maximum absolute atomic E-state index is 12.3. The summed E-state index contributed by atoms with van der Waals surface area (Å²) in [6.07, 6.45) is 0.675. The highest BCUT2D eigenvalue weighted by Gasteiger charge is 2.21. The molecule has 1 aliphatic rings. The quantitative estimate of drug-likeness (QED) is 0.744. The van der Waals surface area contributed by atoms with Crippen molar-refractivity contribution < 1.29 is 13.2 Å². The Kier molecular flexibility index (Phi) is 3.85. The van der Waals surface area contributed by atoms with Gasteiger partial charge in [-0.2, -0.15) is 0 Å². The van der Waals surface area contributed by atoms with Crippen LogP contribution in [0.2, 0.25) is 0 Å². The summed E-state index contributed by atoms with van der Waals surface area (Å²) < 4.78 is 27.0. The number of benzene rings is 1. The minimum absolute atomic E-state index is 0.126. The first-order valence-electron chi connectivity index (χ1n) is 6.56. The number of carbonyl (C=O) groups excluding carboxylic acids is 1. The lowest BCUT2D eigenvalue weighted by Gasteiger charge is -2.07. The first-order chi connectivity index (χ1) is 10.4. The predicted octanol–water partition coefficient (Wildman–Crippen LogP) is 0.741. The molecule has 4 N–H and O–H groups in total. The zero-order valence-corrected chi connectivity index (χ0v) is 13.1. The van der Waals surface area contributed by atoms with E-state index in [9.17, 15) is 13.2 Å². The standard InChI is InChI=1S/C13H14N4O3S2/c14-13-16-9(7-21-13)3-4-15-22(19,20)10-1-2-11-8(5-10)6-12(18)17-11/h1-2,5,7,15H,3-4,6H2,(H2,14,16)(H,17,18). The van der Waals surface area contributed by atoms with Gasteiger partial charge in [0.25, 0.3) is 0 Å². The molecule has 7 nitrogen and oxygen atoms in total. The van der Waals surface area contributed by atoms with Gasteiger partial charge in [0.2, 0.25) is 15.9 Å². The average Bonchev–Trinajstić information content (AvgIpc) is 3.02. The molecule has 3 rings (SSSR count). The Morgan fingerprint density at radius 1 is 1.41 bits per heavy atom. The maximum Gasteiger partial charge on any atom is 0.240 e. The van der Waals surface area contributed by atoms with Crippen molar-refractivity contribution in [2.24, 2.45) is 0 Å². The molecule has 0 unspecified atom stereocenters. The molecule has 0 atom stereocenters. The zero-order chi connectivity index (χ0) is 15.7. The number of sulfonamides is 1. The van der Waals surface area contributed by atoms with E-state index in [1.54, 1.807) is 11.4 Å². The van der Waals surface area contributed by atoms with Crippen molar-refractivity contribution in [2.75, 3.05) is 17.6 Å². The van der Waals surface area contributed by atoms with Gasteiger partial charge in [0.05, 0.1) is 17.0 Å². The van der Waals surface area contributed by atoms with Gasteiger partial charge in [-0.25, -0.2) is 18.1 Å². The third-order valence-electron chi connectivity index (χ3n) is 3.25. The van der Waals surface area contributed by atoms with Crippen molar-refractivity contribution in [1.29, 1.82) is 0 Å². The fourth-order valence-corrected chi connectivity index (χ4v) is 3.89.